The Bertz CT molecular complexity index is 971. The number of likely N-dealkylation sites (N-methyl/N-ethyl adjacent to an activating group) is 1. The molecule has 0 aromatic heterocycles. The van der Waals surface area contributed by atoms with Crippen LogP contribution in [0.2, 0.25) is 0 Å². The average Bonchev–Trinajstić information content (AvgIpc) is 2.70. The van der Waals surface area contributed by atoms with Crippen LogP contribution in [0.5, 0.6) is 0 Å². The van der Waals surface area contributed by atoms with Gasteiger partial charge in [-0.05, 0) is 61.4 Å². The van der Waals surface area contributed by atoms with Crippen LogP contribution in [0.15, 0.2) is 40.4 Å². The van der Waals surface area contributed by atoms with Gasteiger partial charge in [-0.2, -0.15) is 8.42 Å². The van der Waals surface area contributed by atoms with Gasteiger partial charge in [-0.1, -0.05) is 19.8 Å². The number of amides is 1. The van der Waals surface area contributed by atoms with E-state index in [1.807, 2.05) is 4.90 Å². The van der Waals surface area contributed by atoms with Gasteiger partial charge in [0.1, 0.15) is 11.5 Å². The molecule has 0 bridgehead atoms. The second-order valence-corrected chi connectivity index (χ2v) is 9.86. The van der Waals surface area contributed by atoms with Crippen LogP contribution in [-0.4, -0.2) is 48.9 Å². The number of nitrogens with zero attached hydrogens (tertiary/aromatic N) is 3. The van der Waals surface area contributed by atoms with Crippen LogP contribution >= 0.6 is 0 Å². The first kappa shape index (κ1) is 20.1. The molecular weight excluding hydrogens is 393 g/mol. The van der Waals surface area contributed by atoms with Crippen molar-refractivity contribution >= 4 is 21.8 Å². The summed E-state index contributed by atoms with van der Waals surface area (Å²) in [4.78, 5) is 15.4. The predicted molar refractivity (Wildman–Crippen MR) is 109 cm³/mol. The van der Waals surface area contributed by atoms with E-state index in [1.165, 1.54) is 43.8 Å². The third-order valence-electron chi connectivity index (χ3n) is 6.53. The number of fused-ring (bicyclic) bond motifs is 1. The van der Waals surface area contributed by atoms with Gasteiger partial charge in [0, 0.05) is 25.2 Å². The number of carbonyl (C=O) groups is 1. The zero-order valence-corrected chi connectivity index (χ0v) is 17.5. The minimum atomic E-state index is -4.03. The highest BCUT2D eigenvalue weighted by Gasteiger charge is 2.42. The molecule has 29 heavy (non-hydrogen) atoms. The number of hydrogen-bond acceptors (Lipinski definition) is 3. The van der Waals surface area contributed by atoms with Crippen molar-refractivity contribution in [2.24, 2.45) is 16.2 Å². The van der Waals surface area contributed by atoms with Gasteiger partial charge >= 0.3 is 10.2 Å². The van der Waals surface area contributed by atoms with E-state index < -0.39 is 16.0 Å². The molecule has 156 valence electrons. The molecule has 1 saturated carbocycles. The van der Waals surface area contributed by atoms with Crippen LogP contribution in [0.4, 0.5) is 4.39 Å². The van der Waals surface area contributed by atoms with Crippen LogP contribution < -0.4 is 0 Å². The van der Waals surface area contributed by atoms with Gasteiger partial charge in [0.2, 0.25) is 0 Å². The molecule has 6 nitrogen and oxygen atoms in total. The highest BCUT2D eigenvalue weighted by atomic mass is 32.2. The maximum Gasteiger partial charge on any atom is 0.345 e. The summed E-state index contributed by atoms with van der Waals surface area (Å²) in [5.74, 6) is 0.353. The molecule has 2 fully saturated rings. The van der Waals surface area contributed by atoms with E-state index in [9.17, 15) is 17.6 Å². The lowest BCUT2D eigenvalue weighted by molar-refractivity contribution is -0.135. The number of piperidine rings is 1. The summed E-state index contributed by atoms with van der Waals surface area (Å²) in [5, 5.41) is 0. The van der Waals surface area contributed by atoms with E-state index in [1.54, 1.807) is 0 Å². The lowest BCUT2D eigenvalue weighted by atomic mass is 9.72. The number of benzene rings is 1. The number of carbonyl (C=O) groups excluding carboxylic acids is 1. The smallest absolute Gasteiger partial charge is 0.334 e. The number of likely N-dealkylation sites (tertiary alicyclic amines) is 1. The lowest BCUT2D eigenvalue weighted by Gasteiger charge is -2.47. The van der Waals surface area contributed by atoms with Crippen molar-refractivity contribution in [3.63, 3.8) is 0 Å². The van der Waals surface area contributed by atoms with Gasteiger partial charge in [-0.3, -0.25) is 4.79 Å². The van der Waals surface area contributed by atoms with Gasteiger partial charge in [0.15, 0.2) is 0 Å². The third kappa shape index (κ3) is 3.70. The highest BCUT2D eigenvalue weighted by Crippen LogP contribution is 2.39. The second-order valence-electron chi connectivity index (χ2n) is 8.24. The minimum absolute atomic E-state index is 0.0956. The molecule has 1 aliphatic carbocycles. The van der Waals surface area contributed by atoms with Crippen LogP contribution in [-0.2, 0) is 15.0 Å². The van der Waals surface area contributed by atoms with Crippen LogP contribution in [0.25, 0.3) is 0 Å². The van der Waals surface area contributed by atoms with Gasteiger partial charge in [0.25, 0.3) is 5.91 Å². The summed E-state index contributed by atoms with van der Waals surface area (Å²) >= 11 is 0. The van der Waals surface area contributed by atoms with Crippen LogP contribution in [0.3, 0.4) is 0 Å². The molecule has 3 aliphatic rings. The highest BCUT2D eigenvalue weighted by molar-refractivity contribution is 7.88. The first-order valence-electron chi connectivity index (χ1n) is 10.2. The Morgan fingerprint density at radius 2 is 1.83 bits per heavy atom. The van der Waals surface area contributed by atoms with Crippen molar-refractivity contribution in [2.75, 3.05) is 13.6 Å². The van der Waals surface area contributed by atoms with Gasteiger partial charge in [0.05, 0.1) is 5.71 Å². The fraction of sp³-hybridized carbons (Fsp3) is 0.524. The first-order valence-corrected chi connectivity index (χ1v) is 11.5. The summed E-state index contributed by atoms with van der Waals surface area (Å²) in [6, 6.07) is 5.58. The molecule has 3 atom stereocenters. The monoisotopic (exact) mass is 419 g/mol. The summed E-state index contributed by atoms with van der Waals surface area (Å²) in [7, 11) is -2.67. The Kier molecular flexibility index (Phi) is 5.23. The topological polar surface area (TPSA) is 70.0 Å². The number of halogens is 1. The van der Waals surface area contributed by atoms with Crippen LogP contribution in [0.1, 0.15) is 44.6 Å². The zero-order chi connectivity index (χ0) is 20.8. The maximum absolute atomic E-state index is 13.5. The largest absolute Gasteiger partial charge is 0.345 e. The fourth-order valence-electron chi connectivity index (χ4n) is 4.82. The molecule has 0 radical (unpaired) electrons. The van der Waals surface area contributed by atoms with E-state index in [2.05, 4.69) is 11.3 Å². The molecule has 2 aliphatic heterocycles. The van der Waals surface area contributed by atoms with Crippen molar-refractivity contribution < 1.29 is 17.6 Å². The molecule has 0 unspecified atom stereocenters. The van der Waals surface area contributed by atoms with Crippen molar-refractivity contribution in [1.82, 2.24) is 9.21 Å². The normalized spacial score (nSPS) is 29.0. The molecule has 0 spiro atoms. The molecule has 2 heterocycles. The fourth-order valence-corrected chi connectivity index (χ4v) is 5.73. The summed E-state index contributed by atoms with van der Waals surface area (Å²) in [5.41, 5.74) is 0.700. The summed E-state index contributed by atoms with van der Waals surface area (Å²) in [6.45, 7) is 2.88. The average molecular weight is 420 g/mol. The summed E-state index contributed by atoms with van der Waals surface area (Å²) < 4.78 is 43.3. The van der Waals surface area contributed by atoms with Crippen molar-refractivity contribution in [3.8, 4) is 0 Å². The van der Waals surface area contributed by atoms with Crippen molar-refractivity contribution in [3.05, 3.63) is 47.4 Å². The minimum Gasteiger partial charge on any atom is -0.334 e. The molecule has 1 aromatic rings. The Morgan fingerprint density at radius 1 is 1.14 bits per heavy atom. The Hall–Kier alpha value is -2.22. The van der Waals surface area contributed by atoms with Gasteiger partial charge in [-0.15, -0.1) is 4.40 Å². The Morgan fingerprint density at radius 3 is 2.55 bits per heavy atom. The summed E-state index contributed by atoms with van der Waals surface area (Å²) in [6.07, 6.45) is 6.79. The molecule has 1 saturated heterocycles. The number of rotatable bonds is 2. The Balaban J connectivity index is 1.69. The van der Waals surface area contributed by atoms with E-state index in [-0.39, 0.29) is 23.4 Å². The Labute approximate surface area is 171 Å². The van der Waals surface area contributed by atoms with Crippen molar-refractivity contribution in [1.29, 1.82) is 0 Å². The lowest BCUT2D eigenvalue weighted by Crippen LogP contribution is -2.54. The van der Waals surface area contributed by atoms with E-state index in [0.717, 1.165) is 30.0 Å². The number of hydrogen-bond donors (Lipinski definition) is 0. The molecule has 0 N–H and O–H groups in total. The second kappa shape index (κ2) is 7.55. The van der Waals surface area contributed by atoms with Gasteiger partial charge < -0.3 is 4.90 Å². The number of allylic oxidation sites excluding steroid dienone is 1. The maximum atomic E-state index is 13.5. The van der Waals surface area contributed by atoms with Crippen molar-refractivity contribution in [2.45, 2.75) is 45.1 Å². The quantitative estimate of drug-likeness (QED) is 0.740. The molecule has 4 rings (SSSR count). The standard InChI is InChI=1S/C21H26FN3O3S/c1-14-11-12-25(19-6-4-3-5-17(14)19)21(26)20-13-18(23-29(27,28)24(20)2)15-7-9-16(22)10-8-15/h7-10,13-14,17,19H,3-6,11-12H2,1-2H3/t14-,17-,19+/m1/s1. The predicted octanol–water partition coefficient (Wildman–Crippen LogP) is 3.12. The molecule has 1 aromatic carbocycles. The zero-order valence-electron chi connectivity index (χ0n) is 16.7. The van der Waals surface area contributed by atoms with E-state index in [0.29, 0.717) is 23.9 Å². The molecule has 8 heteroatoms. The van der Waals surface area contributed by atoms with E-state index >= 15 is 0 Å². The first-order chi connectivity index (χ1) is 13.8. The van der Waals surface area contributed by atoms with Gasteiger partial charge in [-0.25, -0.2) is 8.70 Å². The van der Waals surface area contributed by atoms with Crippen LogP contribution in [0, 0.1) is 17.7 Å². The molecular formula is C21H26FN3O3S. The SMILES string of the molecule is C[C@@H]1CCN(C(=O)C2=CC(c3ccc(F)cc3)=NS(=O)(=O)N2C)[C@H]2CCCC[C@H]12. The molecule has 1 amide bonds. The third-order valence-corrected chi connectivity index (χ3v) is 7.85. The van der Waals surface area contributed by atoms with E-state index in [4.69, 9.17) is 0 Å².